The molecule has 0 bridgehead atoms. The van der Waals surface area contributed by atoms with Crippen LogP contribution in [-0.2, 0) is 6.54 Å². The van der Waals surface area contributed by atoms with Crippen molar-refractivity contribution in [2.75, 3.05) is 7.11 Å². The first-order valence-corrected chi connectivity index (χ1v) is 5.09. The second-order valence-corrected chi connectivity index (χ2v) is 3.96. The van der Waals surface area contributed by atoms with Crippen LogP contribution in [0.4, 0.5) is 0 Å². The fraction of sp³-hybridized carbons (Fsp3) is 0.200. The summed E-state index contributed by atoms with van der Waals surface area (Å²) in [6.45, 7) is 0.512. The van der Waals surface area contributed by atoms with Crippen molar-refractivity contribution in [1.29, 1.82) is 0 Å². The van der Waals surface area contributed by atoms with Gasteiger partial charge in [-0.3, -0.25) is 0 Å². The zero-order chi connectivity index (χ0) is 10.1. The Kier molecular flexibility index (Phi) is 2.48. The highest BCUT2D eigenvalue weighted by Gasteiger charge is 2.09. The van der Waals surface area contributed by atoms with E-state index in [0.29, 0.717) is 6.54 Å². The first kappa shape index (κ1) is 9.55. The Labute approximate surface area is 90.4 Å². The lowest BCUT2D eigenvalue weighted by atomic mass is 10.1. The molecule has 3 N–H and O–H groups in total. The number of nitrogens with two attached hydrogens (primary N) is 1. The molecule has 0 unspecified atom stereocenters. The normalized spacial score (nSPS) is 10.8. The standard InChI is InChI=1S/C10H11BrN2O/c1-14-9-3-7(11)2-8-10(9)6(4-12)5-13-8/h2-3,5,13H,4,12H2,1H3. The van der Waals surface area contributed by atoms with Gasteiger partial charge in [-0.25, -0.2) is 0 Å². The van der Waals surface area contributed by atoms with E-state index in [2.05, 4.69) is 20.9 Å². The van der Waals surface area contributed by atoms with E-state index in [-0.39, 0.29) is 0 Å². The van der Waals surface area contributed by atoms with Gasteiger partial charge in [-0.1, -0.05) is 15.9 Å². The maximum absolute atomic E-state index is 5.63. The maximum atomic E-state index is 5.63. The van der Waals surface area contributed by atoms with Crippen LogP contribution in [0.5, 0.6) is 5.75 Å². The van der Waals surface area contributed by atoms with Crippen LogP contribution >= 0.6 is 15.9 Å². The lowest BCUT2D eigenvalue weighted by molar-refractivity contribution is 0.419. The van der Waals surface area contributed by atoms with Gasteiger partial charge in [0.25, 0.3) is 0 Å². The van der Waals surface area contributed by atoms with E-state index in [9.17, 15) is 0 Å². The van der Waals surface area contributed by atoms with E-state index in [4.69, 9.17) is 10.5 Å². The molecule has 14 heavy (non-hydrogen) atoms. The number of ether oxygens (including phenoxy) is 1. The molecule has 1 aromatic heterocycles. The highest BCUT2D eigenvalue weighted by Crippen LogP contribution is 2.31. The quantitative estimate of drug-likeness (QED) is 0.865. The maximum Gasteiger partial charge on any atom is 0.129 e. The van der Waals surface area contributed by atoms with Crippen LogP contribution in [-0.4, -0.2) is 12.1 Å². The molecule has 4 heteroatoms. The Morgan fingerprint density at radius 2 is 2.29 bits per heavy atom. The zero-order valence-corrected chi connectivity index (χ0v) is 9.39. The molecule has 2 aromatic rings. The minimum Gasteiger partial charge on any atom is -0.496 e. The van der Waals surface area contributed by atoms with E-state index in [1.807, 2.05) is 18.3 Å². The molecule has 0 fully saturated rings. The molecule has 0 spiro atoms. The van der Waals surface area contributed by atoms with Crippen molar-refractivity contribution in [2.45, 2.75) is 6.54 Å². The average molecular weight is 255 g/mol. The number of hydrogen-bond acceptors (Lipinski definition) is 2. The van der Waals surface area contributed by atoms with Crippen LogP contribution in [0, 0.1) is 0 Å². The number of methoxy groups -OCH3 is 1. The highest BCUT2D eigenvalue weighted by atomic mass is 79.9. The van der Waals surface area contributed by atoms with Crippen molar-refractivity contribution in [3.05, 3.63) is 28.4 Å². The van der Waals surface area contributed by atoms with Gasteiger partial charge in [0.15, 0.2) is 0 Å². The molecule has 0 aliphatic rings. The summed E-state index contributed by atoms with van der Waals surface area (Å²) in [5.41, 5.74) is 7.75. The summed E-state index contributed by atoms with van der Waals surface area (Å²) in [6, 6.07) is 3.95. The molecule has 1 heterocycles. The topological polar surface area (TPSA) is 51.0 Å². The Hall–Kier alpha value is -1.00. The number of aromatic nitrogens is 1. The number of halogens is 1. The van der Waals surface area contributed by atoms with Gasteiger partial charge in [0, 0.05) is 22.6 Å². The zero-order valence-electron chi connectivity index (χ0n) is 7.80. The highest BCUT2D eigenvalue weighted by molar-refractivity contribution is 9.10. The van der Waals surface area contributed by atoms with E-state index < -0.39 is 0 Å². The smallest absolute Gasteiger partial charge is 0.129 e. The molecule has 0 amide bonds. The Balaban J connectivity index is 2.78. The lowest BCUT2D eigenvalue weighted by Gasteiger charge is -2.04. The first-order valence-electron chi connectivity index (χ1n) is 4.30. The van der Waals surface area contributed by atoms with E-state index in [1.54, 1.807) is 7.11 Å². The lowest BCUT2D eigenvalue weighted by Crippen LogP contribution is -1.95. The molecule has 0 radical (unpaired) electrons. The summed E-state index contributed by atoms with van der Waals surface area (Å²) in [5, 5.41) is 1.07. The number of rotatable bonds is 2. The molecule has 2 rings (SSSR count). The van der Waals surface area contributed by atoms with Crippen molar-refractivity contribution in [3.63, 3.8) is 0 Å². The molecule has 0 saturated heterocycles. The SMILES string of the molecule is COc1cc(Br)cc2[nH]cc(CN)c12. The van der Waals surface area contributed by atoms with Crippen molar-refractivity contribution in [1.82, 2.24) is 4.98 Å². The number of fused-ring (bicyclic) bond motifs is 1. The van der Waals surface area contributed by atoms with Gasteiger partial charge >= 0.3 is 0 Å². The van der Waals surface area contributed by atoms with E-state index >= 15 is 0 Å². The van der Waals surface area contributed by atoms with Gasteiger partial charge in [-0.05, 0) is 17.7 Å². The minimum absolute atomic E-state index is 0.512. The summed E-state index contributed by atoms with van der Waals surface area (Å²) in [7, 11) is 1.66. The predicted octanol–water partition coefficient (Wildman–Crippen LogP) is 2.40. The summed E-state index contributed by atoms with van der Waals surface area (Å²) >= 11 is 3.42. The Morgan fingerprint density at radius 1 is 1.50 bits per heavy atom. The number of benzene rings is 1. The Bertz CT molecular complexity index is 464. The number of nitrogens with one attached hydrogen (secondary N) is 1. The second-order valence-electron chi connectivity index (χ2n) is 3.05. The van der Waals surface area contributed by atoms with Crippen LogP contribution < -0.4 is 10.5 Å². The van der Waals surface area contributed by atoms with Crippen molar-refractivity contribution < 1.29 is 4.74 Å². The predicted molar refractivity (Wildman–Crippen MR) is 60.4 cm³/mol. The van der Waals surface area contributed by atoms with Crippen LogP contribution in [0.25, 0.3) is 10.9 Å². The minimum atomic E-state index is 0.512. The molecule has 0 aliphatic carbocycles. The molecular formula is C10H11BrN2O. The van der Waals surface area contributed by atoms with Crippen molar-refractivity contribution >= 4 is 26.8 Å². The number of hydrogen-bond donors (Lipinski definition) is 2. The van der Waals surface area contributed by atoms with Gasteiger partial charge in [0.2, 0.25) is 0 Å². The third-order valence-electron chi connectivity index (χ3n) is 2.23. The monoisotopic (exact) mass is 254 g/mol. The molecular weight excluding hydrogens is 244 g/mol. The first-order chi connectivity index (χ1) is 6.76. The fourth-order valence-electron chi connectivity index (χ4n) is 1.59. The third-order valence-corrected chi connectivity index (χ3v) is 2.69. The van der Waals surface area contributed by atoms with Crippen molar-refractivity contribution in [3.8, 4) is 5.75 Å². The van der Waals surface area contributed by atoms with Gasteiger partial charge in [0.05, 0.1) is 12.6 Å². The summed E-state index contributed by atoms with van der Waals surface area (Å²) in [4.78, 5) is 3.16. The summed E-state index contributed by atoms with van der Waals surface area (Å²) in [6.07, 6.45) is 1.92. The van der Waals surface area contributed by atoms with Gasteiger partial charge < -0.3 is 15.5 Å². The third kappa shape index (κ3) is 1.40. The van der Waals surface area contributed by atoms with Crippen LogP contribution in [0.15, 0.2) is 22.8 Å². The fourth-order valence-corrected chi connectivity index (χ4v) is 2.02. The number of aromatic amines is 1. The van der Waals surface area contributed by atoms with E-state index in [1.165, 1.54) is 0 Å². The molecule has 0 atom stereocenters. The molecule has 3 nitrogen and oxygen atoms in total. The Morgan fingerprint density at radius 3 is 2.93 bits per heavy atom. The van der Waals surface area contributed by atoms with Crippen molar-refractivity contribution in [2.24, 2.45) is 5.73 Å². The largest absolute Gasteiger partial charge is 0.496 e. The average Bonchev–Trinajstić information content (AvgIpc) is 2.59. The number of H-pyrrole nitrogens is 1. The van der Waals surface area contributed by atoms with Crippen LogP contribution in [0.3, 0.4) is 0 Å². The summed E-state index contributed by atoms with van der Waals surface area (Å²) < 4.78 is 6.30. The second kappa shape index (κ2) is 3.63. The van der Waals surface area contributed by atoms with Gasteiger partial charge in [-0.2, -0.15) is 0 Å². The van der Waals surface area contributed by atoms with Gasteiger partial charge in [-0.15, -0.1) is 0 Å². The summed E-state index contributed by atoms with van der Waals surface area (Å²) in [5.74, 6) is 0.844. The van der Waals surface area contributed by atoms with E-state index in [0.717, 1.165) is 26.7 Å². The van der Waals surface area contributed by atoms with Gasteiger partial charge in [0.1, 0.15) is 5.75 Å². The molecule has 1 aromatic carbocycles. The molecule has 0 aliphatic heterocycles. The van der Waals surface area contributed by atoms with Crippen LogP contribution in [0.2, 0.25) is 0 Å². The molecule has 74 valence electrons. The molecule has 0 saturated carbocycles. The van der Waals surface area contributed by atoms with Crippen LogP contribution in [0.1, 0.15) is 5.56 Å².